The van der Waals surface area contributed by atoms with Gasteiger partial charge in [0.1, 0.15) is 12.6 Å². The van der Waals surface area contributed by atoms with Gasteiger partial charge in [-0.15, -0.1) is 10.2 Å². The molecule has 0 fully saturated rings. The molecule has 0 unspecified atom stereocenters. The first-order valence-electron chi connectivity index (χ1n) is 11.9. The Labute approximate surface area is 225 Å². The molecule has 0 aliphatic rings. The van der Waals surface area contributed by atoms with Crippen LogP contribution in [-0.4, -0.2) is 38.2 Å². The van der Waals surface area contributed by atoms with Gasteiger partial charge in [0.2, 0.25) is 11.7 Å². The van der Waals surface area contributed by atoms with Crippen molar-refractivity contribution < 1.29 is 14.3 Å². The lowest BCUT2D eigenvalue weighted by Gasteiger charge is -2.27. The van der Waals surface area contributed by atoms with E-state index in [-0.39, 0.29) is 12.5 Å². The number of aromatic amines is 1. The number of ether oxygens (including phenoxy) is 1. The van der Waals surface area contributed by atoms with Crippen LogP contribution in [0, 0.1) is 0 Å². The number of carbonyl (C=O) groups excluding carboxylic acids is 2. The summed E-state index contributed by atoms with van der Waals surface area (Å²) < 4.78 is 5.32. The minimum Gasteiger partial charge on any atom is -0.444 e. The Kier molecular flexibility index (Phi) is 8.22. The van der Waals surface area contributed by atoms with E-state index in [1.807, 2.05) is 75.4 Å². The molecule has 0 spiro atoms. The van der Waals surface area contributed by atoms with Crippen molar-refractivity contribution in [2.75, 3.05) is 10.6 Å². The van der Waals surface area contributed by atoms with Crippen LogP contribution in [-0.2, 0) is 16.1 Å². The summed E-state index contributed by atoms with van der Waals surface area (Å²) in [7, 11) is 0. The molecule has 11 heteroatoms. The number of anilines is 2. The van der Waals surface area contributed by atoms with Crippen molar-refractivity contribution in [2.45, 2.75) is 39.0 Å². The fourth-order valence-electron chi connectivity index (χ4n) is 3.67. The molecule has 196 valence electrons. The van der Waals surface area contributed by atoms with E-state index in [1.165, 1.54) is 0 Å². The van der Waals surface area contributed by atoms with Crippen molar-refractivity contribution in [1.29, 1.82) is 0 Å². The number of tetrazole rings is 1. The third kappa shape index (κ3) is 7.53. The molecule has 1 aromatic heterocycles. The normalized spacial score (nSPS) is 11.9. The molecule has 0 saturated carbocycles. The Morgan fingerprint density at radius 1 is 1.00 bits per heavy atom. The lowest BCUT2D eigenvalue weighted by Crippen LogP contribution is -2.44. The first-order chi connectivity index (χ1) is 18.2. The van der Waals surface area contributed by atoms with Crippen LogP contribution in [0.2, 0.25) is 5.02 Å². The van der Waals surface area contributed by atoms with Crippen molar-refractivity contribution >= 4 is 35.0 Å². The zero-order chi connectivity index (χ0) is 27.1. The van der Waals surface area contributed by atoms with Crippen LogP contribution in [0.25, 0.3) is 11.4 Å². The minimum atomic E-state index is -0.839. The Morgan fingerprint density at radius 2 is 1.79 bits per heavy atom. The predicted molar refractivity (Wildman–Crippen MR) is 146 cm³/mol. The molecule has 0 bridgehead atoms. The number of carbonyl (C=O) groups is 2. The second-order valence-corrected chi connectivity index (χ2v) is 10.0. The predicted octanol–water partition coefficient (Wildman–Crippen LogP) is 5.34. The van der Waals surface area contributed by atoms with E-state index in [1.54, 1.807) is 18.2 Å². The fourth-order valence-corrected chi connectivity index (χ4v) is 3.91. The zero-order valence-electron chi connectivity index (χ0n) is 21.2. The summed E-state index contributed by atoms with van der Waals surface area (Å²) >= 11 is 6.41. The minimum absolute atomic E-state index is 0.120. The highest BCUT2D eigenvalue weighted by Gasteiger charge is 2.26. The number of aromatic nitrogens is 4. The summed E-state index contributed by atoms with van der Waals surface area (Å²) in [6, 6.07) is 20.7. The number of hydrogen-bond acceptors (Lipinski definition) is 7. The van der Waals surface area contributed by atoms with Crippen LogP contribution in [0.4, 0.5) is 16.2 Å². The molecule has 0 saturated heterocycles. The largest absolute Gasteiger partial charge is 0.444 e. The first kappa shape index (κ1) is 26.6. The Bertz CT molecular complexity index is 1390. The smallest absolute Gasteiger partial charge is 0.411 e. The average Bonchev–Trinajstić information content (AvgIpc) is 3.41. The van der Waals surface area contributed by atoms with Crippen molar-refractivity contribution in [1.82, 2.24) is 25.9 Å². The highest BCUT2D eigenvalue weighted by molar-refractivity contribution is 6.31. The Hall–Kier alpha value is -4.44. The number of hydrogen-bond donors (Lipinski definition) is 4. The summed E-state index contributed by atoms with van der Waals surface area (Å²) in [5.41, 5.74) is 2.68. The summed E-state index contributed by atoms with van der Waals surface area (Å²) in [6.45, 7) is 5.81. The number of H-pyrrole nitrogens is 1. The van der Waals surface area contributed by atoms with Crippen molar-refractivity contribution in [3.8, 4) is 11.4 Å². The standard InChI is InChI=1S/C27H28ClN7O3/c1-27(2,3)31-25(36)23(29-21-11-7-10-18(13-21)24-32-34-35-33-24)19-12-20(28)15-22(14-19)30-26(37)38-16-17-8-5-4-6-9-17/h4-15,23,29H,16H2,1-3H3,(H,30,37)(H,31,36)(H,32,33,34,35)/t23-/m1/s1. The molecule has 4 rings (SSSR count). The van der Waals surface area contributed by atoms with E-state index in [4.69, 9.17) is 16.3 Å². The van der Waals surface area contributed by atoms with Gasteiger partial charge in [0.15, 0.2) is 0 Å². The zero-order valence-corrected chi connectivity index (χ0v) is 21.9. The molecule has 4 N–H and O–H groups in total. The van der Waals surface area contributed by atoms with Crippen LogP contribution in [0.3, 0.4) is 0 Å². The highest BCUT2D eigenvalue weighted by Crippen LogP contribution is 2.29. The van der Waals surface area contributed by atoms with Crippen LogP contribution in [0.5, 0.6) is 0 Å². The maximum Gasteiger partial charge on any atom is 0.411 e. The number of halogens is 1. The van der Waals surface area contributed by atoms with Crippen molar-refractivity contribution in [2.24, 2.45) is 0 Å². The first-order valence-corrected chi connectivity index (χ1v) is 12.2. The maximum absolute atomic E-state index is 13.4. The van der Waals surface area contributed by atoms with Crippen LogP contribution in [0.15, 0.2) is 72.8 Å². The van der Waals surface area contributed by atoms with Crippen LogP contribution in [0.1, 0.15) is 37.9 Å². The topological polar surface area (TPSA) is 134 Å². The highest BCUT2D eigenvalue weighted by atomic mass is 35.5. The summed E-state index contributed by atoms with van der Waals surface area (Å²) in [5.74, 6) is 0.148. The molecule has 2 amide bonds. The van der Waals surface area contributed by atoms with Crippen LogP contribution >= 0.6 is 11.6 Å². The van der Waals surface area contributed by atoms with Gasteiger partial charge in [-0.05, 0) is 67.4 Å². The van der Waals surface area contributed by atoms with E-state index in [0.29, 0.717) is 33.3 Å². The van der Waals surface area contributed by atoms with Gasteiger partial charge in [-0.25, -0.2) is 4.79 Å². The molecule has 4 aromatic rings. The fraction of sp³-hybridized carbons (Fsp3) is 0.222. The van der Waals surface area contributed by atoms with Gasteiger partial charge >= 0.3 is 6.09 Å². The lowest BCUT2D eigenvalue weighted by molar-refractivity contribution is -0.123. The molecule has 1 atom stereocenters. The Balaban J connectivity index is 1.57. The van der Waals surface area contributed by atoms with Gasteiger partial charge in [0, 0.05) is 27.5 Å². The third-order valence-electron chi connectivity index (χ3n) is 5.25. The lowest BCUT2D eigenvalue weighted by atomic mass is 10.0. The summed E-state index contributed by atoms with van der Waals surface area (Å²) in [4.78, 5) is 25.9. The second-order valence-electron chi connectivity index (χ2n) is 9.59. The molecular weight excluding hydrogens is 506 g/mol. The molecule has 38 heavy (non-hydrogen) atoms. The average molecular weight is 534 g/mol. The summed E-state index contributed by atoms with van der Waals surface area (Å²) in [5, 5.41) is 23.4. The van der Waals surface area contributed by atoms with Crippen LogP contribution < -0.4 is 16.0 Å². The number of benzene rings is 3. The van der Waals surface area contributed by atoms with Crippen molar-refractivity contribution in [3.05, 3.63) is 88.9 Å². The van der Waals surface area contributed by atoms with Gasteiger partial charge in [-0.2, -0.15) is 5.21 Å². The molecule has 3 aromatic carbocycles. The molecule has 1 heterocycles. The third-order valence-corrected chi connectivity index (χ3v) is 5.47. The number of nitrogens with one attached hydrogen (secondary N) is 4. The molecule has 0 aliphatic heterocycles. The van der Waals surface area contributed by atoms with Gasteiger partial charge in [0.05, 0.1) is 0 Å². The molecule has 0 radical (unpaired) electrons. The van der Waals surface area contributed by atoms with Gasteiger partial charge in [-0.1, -0.05) is 54.1 Å². The van der Waals surface area contributed by atoms with E-state index in [0.717, 1.165) is 5.56 Å². The van der Waals surface area contributed by atoms with E-state index < -0.39 is 17.7 Å². The Morgan fingerprint density at radius 3 is 2.50 bits per heavy atom. The SMILES string of the molecule is CC(C)(C)NC(=O)[C@H](Nc1cccc(-c2nn[nH]n2)c1)c1cc(Cl)cc(NC(=O)OCc2ccccc2)c1. The quantitative estimate of drug-likeness (QED) is 0.240. The number of rotatable bonds is 8. The van der Waals surface area contributed by atoms with E-state index in [2.05, 4.69) is 36.6 Å². The second kappa shape index (κ2) is 11.7. The molecular formula is C27H28ClN7O3. The monoisotopic (exact) mass is 533 g/mol. The number of amides is 2. The van der Waals surface area contributed by atoms with E-state index >= 15 is 0 Å². The molecule has 0 aliphatic carbocycles. The van der Waals surface area contributed by atoms with Gasteiger partial charge < -0.3 is 15.4 Å². The molecule has 10 nitrogen and oxygen atoms in total. The van der Waals surface area contributed by atoms with E-state index in [9.17, 15) is 9.59 Å². The van der Waals surface area contributed by atoms with Crippen molar-refractivity contribution in [3.63, 3.8) is 0 Å². The van der Waals surface area contributed by atoms with Gasteiger partial charge in [0.25, 0.3) is 0 Å². The summed E-state index contributed by atoms with van der Waals surface area (Å²) in [6.07, 6.45) is -0.640. The number of nitrogens with zero attached hydrogens (tertiary/aromatic N) is 3. The maximum atomic E-state index is 13.4. The van der Waals surface area contributed by atoms with Gasteiger partial charge in [-0.3, -0.25) is 10.1 Å².